The Kier molecular flexibility index (Phi) is 4.97. The molecule has 0 radical (unpaired) electrons. The van der Waals surface area contributed by atoms with Gasteiger partial charge in [-0.25, -0.2) is 9.97 Å². The van der Waals surface area contributed by atoms with Crippen LogP contribution in [0.1, 0.15) is 0 Å². The van der Waals surface area contributed by atoms with Gasteiger partial charge in [0.05, 0.1) is 15.6 Å². The van der Waals surface area contributed by atoms with Crippen molar-refractivity contribution in [1.82, 2.24) is 9.97 Å². The summed E-state index contributed by atoms with van der Waals surface area (Å²) in [5.41, 5.74) is 0.815. The molecule has 7 nitrogen and oxygen atoms in total. The van der Waals surface area contributed by atoms with Crippen molar-refractivity contribution in [2.24, 2.45) is 0 Å². The summed E-state index contributed by atoms with van der Waals surface area (Å²) in [6, 6.07) is 13.6. The second-order valence-corrected chi connectivity index (χ2v) is 5.76. The van der Waals surface area contributed by atoms with E-state index in [2.05, 4.69) is 20.6 Å². The summed E-state index contributed by atoms with van der Waals surface area (Å²) < 4.78 is 0. The number of halogens is 2. The summed E-state index contributed by atoms with van der Waals surface area (Å²) >= 11 is 11.9. The quantitative estimate of drug-likeness (QED) is 0.471. The van der Waals surface area contributed by atoms with Gasteiger partial charge in [0.1, 0.15) is 6.33 Å². The van der Waals surface area contributed by atoms with E-state index in [1.165, 1.54) is 6.33 Å². The topological polar surface area (TPSA) is 93.0 Å². The van der Waals surface area contributed by atoms with Gasteiger partial charge in [0.2, 0.25) is 11.6 Å². The van der Waals surface area contributed by atoms with Crippen molar-refractivity contribution in [2.45, 2.75) is 0 Å². The van der Waals surface area contributed by atoms with Crippen LogP contribution >= 0.6 is 23.2 Å². The third-order valence-electron chi connectivity index (χ3n) is 3.24. The minimum atomic E-state index is -0.558. The summed E-state index contributed by atoms with van der Waals surface area (Å²) in [7, 11) is 0. The van der Waals surface area contributed by atoms with E-state index in [0.717, 1.165) is 0 Å². The number of nitrogens with zero attached hydrogens (tertiary/aromatic N) is 3. The van der Waals surface area contributed by atoms with Crippen molar-refractivity contribution >= 4 is 51.9 Å². The minimum absolute atomic E-state index is 0.0320. The molecule has 9 heteroatoms. The number of nitrogens with one attached hydrogen (secondary N) is 2. The lowest BCUT2D eigenvalue weighted by molar-refractivity contribution is -0.383. The molecule has 3 rings (SSSR count). The highest BCUT2D eigenvalue weighted by Gasteiger charge is 2.23. The van der Waals surface area contributed by atoms with E-state index >= 15 is 0 Å². The lowest BCUT2D eigenvalue weighted by Gasteiger charge is -2.11. The largest absolute Gasteiger partial charge is 0.353 e. The number of benzene rings is 2. The maximum absolute atomic E-state index is 11.6. The Labute approximate surface area is 152 Å². The third-order valence-corrected chi connectivity index (χ3v) is 3.82. The van der Waals surface area contributed by atoms with Gasteiger partial charge in [-0.3, -0.25) is 10.1 Å². The lowest BCUT2D eigenvalue weighted by atomic mass is 10.3. The van der Waals surface area contributed by atoms with E-state index in [1.54, 1.807) is 48.5 Å². The number of nitro groups is 1. The van der Waals surface area contributed by atoms with Crippen LogP contribution < -0.4 is 10.6 Å². The first-order valence-electron chi connectivity index (χ1n) is 7.08. The highest BCUT2D eigenvalue weighted by atomic mass is 35.5. The molecule has 2 N–H and O–H groups in total. The molecule has 3 aromatic rings. The minimum Gasteiger partial charge on any atom is -0.334 e. The predicted molar refractivity (Wildman–Crippen MR) is 98.2 cm³/mol. The van der Waals surface area contributed by atoms with Gasteiger partial charge in [0.15, 0.2) is 0 Å². The van der Waals surface area contributed by atoms with E-state index in [1.807, 2.05) is 0 Å². The lowest BCUT2D eigenvalue weighted by Crippen LogP contribution is -2.05. The number of rotatable bonds is 5. The number of para-hydroxylation sites is 1. The van der Waals surface area contributed by atoms with E-state index in [-0.39, 0.29) is 17.3 Å². The zero-order valence-electron chi connectivity index (χ0n) is 12.6. The highest BCUT2D eigenvalue weighted by Crippen LogP contribution is 2.34. The van der Waals surface area contributed by atoms with Gasteiger partial charge in [-0.2, -0.15) is 0 Å². The number of aromatic nitrogens is 2. The molecule has 1 heterocycles. The summed E-state index contributed by atoms with van der Waals surface area (Å²) in [6.07, 6.45) is 1.23. The van der Waals surface area contributed by atoms with Crippen LogP contribution in [0.5, 0.6) is 0 Å². The fourth-order valence-electron chi connectivity index (χ4n) is 2.09. The average molecular weight is 376 g/mol. The molecule has 126 valence electrons. The van der Waals surface area contributed by atoms with Gasteiger partial charge >= 0.3 is 5.69 Å². The second-order valence-electron chi connectivity index (χ2n) is 4.91. The summed E-state index contributed by atoms with van der Waals surface area (Å²) in [5, 5.41) is 18.3. The molecule has 0 saturated carbocycles. The molecule has 0 aliphatic rings. The van der Waals surface area contributed by atoms with E-state index in [0.29, 0.717) is 21.4 Å². The average Bonchev–Trinajstić information content (AvgIpc) is 2.59. The van der Waals surface area contributed by atoms with Gasteiger partial charge in [-0.1, -0.05) is 35.3 Å². The fraction of sp³-hybridized carbons (Fsp3) is 0. The third kappa shape index (κ3) is 3.96. The summed E-state index contributed by atoms with van der Waals surface area (Å²) in [5.74, 6) is 0.0847. The zero-order chi connectivity index (χ0) is 17.8. The maximum Gasteiger partial charge on any atom is 0.353 e. The van der Waals surface area contributed by atoms with E-state index < -0.39 is 4.92 Å². The molecule has 0 unspecified atom stereocenters. The van der Waals surface area contributed by atoms with Crippen molar-refractivity contribution in [3.8, 4) is 0 Å². The van der Waals surface area contributed by atoms with E-state index in [4.69, 9.17) is 23.2 Å². The SMILES string of the molecule is O=[N+]([O-])c1c(Nc2ccc(Cl)cc2)ncnc1Nc1ccccc1Cl. The molecule has 25 heavy (non-hydrogen) atoms. The first-order chi connectivity index (χ1) is 12.0. The predicted octanol–water partition coefficient (Wildman–Crippen LogP) is 5.18. The highest BCUT2D eigenvalue weighted by molar-refractivity contribution is 6.33. The van der Waals surface area contributed by atoms with Crippen LogP contribution in [-0.2, 0) is 0 Å². The Morgan fingerprint density at radius 2 is 1.56 bits per heavy atom. The van der Waals surface area contributed by atoms with Crippen LogP contribution in [-0.4, -0.2) is 14.9 Å². The molecule has 0 saturated heterocycles. The molecule has 0 fully saturated rings. The maximum atomic E-state index is 11.6. The number of anilines is 4. The molecule has 0 atom stereocenters. The Bertz CT molecular complexity index is 919. The first kappa shape index (κ1) is 16.9. The number of hydrogen-bond acceptors (Lipinski definition) is 6. The monoisotopic (exact) mass is 375 g/mol. The van der Waals surface area contributed by atoms with Crippen molar-refractivity contribution < 1.29 is 4.92 Å². The first-order valence-corrected chi connectivity index (χ1v) is 7.83. The van der Waals surface area contributed by atoms with Gasteiger partial charge in [-0.05, 0) is 36.4 Å². The van der Waals surface area contributed by atoms with Crippen molar-refractivity contribution in [3.63, 3.8) is 0 Å². The van der Waals surface area contributed by atoms with Gasteiger partial charge < -0.3 is 10.6 Å². The van der Waals surface area contributed by atoms with Gasteiger partial charge in [0, 0.05) is 10.7 Å². The molecule has 1 aromatic heterocycles. The fourth-order valence-corrected chi connectivity index (χ4v) is 2.40. The van der Waals surface area contributed by atoms with Crippen molar-refractivity contribution in [2.75, 3.05) is 10.6 Å². The van der Waals surface area contributed by atoms with Gasteiger partial charge in [0.25, 0.3) is 0 Å². The van der Waals surface area contributed by atoms with Crippen LogP contribution in [0.2, 0.25) is 10.0 Å². The molecule has 0 aliphatic carbocycles. The van der Waals surface area contributed by atoms with Crippen LogP contribution in [0.3, 0.4) is 0 Å². The van der Waals surface area contributed by atoms with E-state index in [9.17, 15) is 10.1 Å². The zero-order valence-corrected chi connectivity index (χ0v) is 14.1. The van der Waals surface area contributed by atoms with Crippen LogP contribution in [0.15, 0.2) is 54.9 Å². The van der Waals surface area contributed by atoms with Crippen molar-refractivity contribution in [1.29, 1.82) is 0 Å². The van der Waals surface area contributed by atoms with Gasteiger partial charge in [-0.15, -0.1) is 0 Å². The van der Waals surface area contributed by atoms with Crippen LogP contribution in [0, 0.1) is 10.1 Å². The van der Waals surface area contributed by atoms with Crippen LogP contribution in [0.25, 0.3) is 0 Å². The molecule has 0 bridgehead atoms. The van der Waals surface area contributed by atoms with Crippen LogP contribution in [0.4, 0.5) is 28.7 Å². The Balaban J connectivity index is 1.98. The van der Waals surface area contributed by atoms with Crippen molar-refractivity contribution in [3.05, 3.63) is 75.0 Å². The Morgan fingerprint density at radius 3 is 2.20 bits per heavy atom. The number of hydrogen-bond donors (Lipinski definition) is 2. The molecular formula is C16H11Cl2N5O2. The Morgan fingerprint density at radius 1 is 0.920 bits per heavy atom. The summed E-state index contributed by atoms with van der Waals surface area (Å²) in [6.45, 7) is 0. The molecule has 0 spiro atoms. The normalized spacial score (nSPS) is 10.3. The molecule has 2 aromatic carbocycles. The molecule has 0 amide bonds. The molecular weight excluding hydrogens is 365 g/mol. The smallest absolute Gasteiger partial charge is 0.334 e. The molecule has 0 aliphatic heterocycles. The Hall–Kier alpha value is -2.90. The summed E-state index contributed by atoms with van der Waals surface area (Å²) in [4.78, 5) is 18.9. The second kappa shape index (κ2) is 7.33. The standard InChI is InChI=1S/C16H11Cl2N5O2/c17-10-5-7-11(8-6-10)21-15-14(23(24)25)16(20-9-19-15)22-13-4-2-1-3-12(13)18/h1-9H,(H2,19,20,21,22).